The molecule has 4 unspecified atom stereocenters. The van der Waals surface area contributed by atoms with Gasteiger partial charge in [0.05, 0.1) is 6.54 Å². The van der Waals surface area contributed by atoms with Crippen LogP contribution in [0, 0.1) is 11.8 Å². The molecule has 2 heterocycles. The van der Waals surface area contributed by atoms with Crippen molar-refractivity contribution in [3.63, 3.8) is 0 Å². The molecule has 0 aromatic heterocycles. The Morgan fingerprint density at radius 3 is 2.90 bits per heavy atom. The van der Waals surface area contributed by atoms with E-state index in [9.17, 15) is 4.79 Å². The van der Waals surface area contributed by atoms with E-state index in [1.807, 2.05) is 0 Å². The van der Waals surface area contributed by atoms with Crippen molar-refractivity contribution >= 4 is 5.91 Å². The molecule has 2 saturated heterocycles. The number of carbonyl (C=O) groups excluding carboxylic acids is 1. The van der Waals surface area contributed by atoms with Gasteiger partial charge in [-0.25, -0.2) is 0 Å². The van der Waals surface area contributed by atoms with Gasteiger partial charge in [0, 0.05) is 18.6 Å². The van der Waals surface area contributed by atoms with Crippen LogP contribution < -0.4 is 10.6 Å². The average molecular weight is 279 g/mol. The molecule has 3 rings (SSSR count). The summed E-state index contributed by atoms with van der Waals surface area (Å²) in [4.78, 5) is 14.8. The maximum absolute atomic E-state index is 12.3. The van der Waals surface area contributed by atoms with Gasteiger partial charge in [-0.15, -0.1) is 0 Å². The second kappa shape index (κ2) is 6.44. The number of rotatable bonds is 3. The first-order valence-corrected chi connectivity index (χ1v) is 8.48. The summed E-state index contributed by atoms with van der Waals surface area (Å²) in [5.74, 6) is 1.66. The second-order valence-corrected chi connectivity index (χ2v) is 7.03. The van der Waals surface area contributed by atoms with E-state index >= 15 is 0 Å². The van der Waals surface area contributed by atoms with Crippen molar-refractivity contribution in [2.75, 3.05) is 26.2 Å². The Hall–Kier alpha value is -0.610. The topological polar surface area (TPSA) is 44.4 Å². The van der Waals surface area contributed by atoms with Crippen LogP contribution in [0.5, 0.6) is 0 Å². The first-order valence-electron chi connectivity index (χ1n) is 8.48. The molecule has 1 aliphatic carbocycles. The van der Waals surface area contributed by atoms with E-state index in [0.717, 1.165) is 25.6 Å². The number of piperidine rings is 1. The lowest BCUT2D eigenvalue weighted by Crippen LogP contribution is -2.51. The van der Waals surface area contributed by atoms with Gasteiger partial charge in [-0.2, -0.15) is 0 Å². The number of likely N-dealkylation sites (tertiary alicyclic amines) is 1. The van der Waals surface area contributed by atoms with E-state index in [4.69, 9.17) is 0 Å². The van der Waals surface area contributed by atoms with E-state index in [0.29, 0.717) is 24.5 Å². The van der Waals surface area contributed by atoms with Crippen LogP contribution in [0.1, 0.15) is 45.4 Å². The lowest BCUT2D eigenvalue weighted by molar-refractivity contribution is -0.124. The first-order chi connectivity index (χ1) is 9.74. The number of nitrogens with zero attached hydrogens (tertiary/aromatic N) is 1. The average Bonchev–Trinajstić information content (AvgIpc) is 2.91. The second-order valence-electron chi connectivity index (χ2n) is 7.03. The Morgan fingerprint density at radius 2 is 2.05 bits per heavy atom. The highest BCUT2D eigenvalue weighted by Crippen LogP contribution is 2.26. The fourth-order valence-corrected chi connectivity index (χ4v) is 4.33. The Balaban J connectivity index is 1.50. The van der Waals surface area contributed by atoms with Crippen LogP contribution >= 0.6 is 0 Å². The van der Waals surface area contributed by atoms with Crippen molar-refractivity contribution in [3.05, 3.63) is 0 Å². The normalized spacial score (nSPS) is 38.5. The van der Waals surface area contributed by atoms with E-state index in [1.165, 1.54) is 38.5 Å². The van der Waals surface area contributed by atoms with Crippen molar-refractivity contribution in [2.45, 2.75) is 57.5 Å². The Kier molecular flexibility index (Phi) is 4.61. The van der Waals surface area contributed by atoms with E-state index in [-0.39, 0.29) is 5.91 Å². The molecule has 20 heavy (non-hydrogen) atoms. The Bertz CT molecular complexity index is 347. The number of nitrogens with one attached hydrogen (secondary N) is 2. The summed E-state index contributed by atoms with van der Waals surface area (Å²) < 4.78 is 0. The van der Waals surface area contributed by atoms with Gasteiger partial charge in [-0.1, -0.05) is 19.8 Å². The summed E-state index contributed by atoms with van der Waals surface area (Å²) in [7, 11) is 0. The van der Waals surface area contributed by atoms with Gasteiger partial charge >= 0.3 is 0 Å². The van der Waals surface area contributed by atoms with Crippen LogP contribution in [0.2, 0.25) is 0 Å². The van der Waals surface area contributed by atoms with Crippen molar-refractivity contribution < 1.29 is 4.79 Å². The zero-order valence-corrected chi connectivity index (χ0v) is 12.7. The van der Waals surface area contributed by atoms with Crippen molar-refractivity contribution in [1.82, 2.24) is 15.5 Å². The molecule has 0 bridgehead atoms. The Labute approximate surface area is 122 Å². The van der Waals surface area contributed by atoms with E-state index in [2.05, 4.69) is 22.5 Å². The van der Waals surface area contributed by atoms with E-state index < -0.39 is 0 Å². The van der Waals surface area contributed by atoms with Crippen LogP contribution in [0.3, 0.4) is 0 Å². The highest BCUT2D eigenvalue weighted by molar-refractivity contribution is 5.78. The molecule has 3 aliphatic rings. The third-order valence-electron chi connectivity index (χ3n) is 5.60. The Morgan fingerprint density at radius 1 is 1.20 bits per heavy atom. The fourth-order valence-electron chi connectivity index (χ4n) is 4.33. The fraction of sp³-hybridized carbons (Fsp3) is 0.938. The molecular formula is C16H29N3O. The molecular weight excluding hydrogens is 250 g/mol. The summed E-state index contributed by atoms with van der Waals surface area (Å²) in [6, 6.07) is 1.01. The third kappa shape index (κ3) is 3.17. The molecule has 0 radical (unpaired) electrons. The highest BCUT2D eigenvalue weighted by Gasteiger charge is 2.35. The summed E-state index contributed by atoms with van der Waals surface area (Å²) in [6.07, 6.45) is 7.61. The molecule has 4 atom stereocenters. The number of carbonyl (C=O) groups is 1. The standard InChI is InChI=1S/C16H29N3O/c1-12-5-2-3-7-14(12)18-16(20)11-19-8-4-6-13-9-17-10-15(13)19/h12-15,17H,2-11H2,1H3,(H,18,20). The van der Waals surface area contributed by atoms with Crippen LogP contribution in [0.15, 0.2) is 0 Å². The minimum Gasteiger partial charge on any atom is -0.352 e. The largest absolute Gasteiger partial charge is 0.352 e. The van der Waals surface area contributed by atoms with Crippen LogP contribution in [0.25, 0.3) is 0 Å². The van der Waals surface area contributed by atoms with Gasteiger partial charge < -0.3 is 10.6 Å². The lowest BCUT2D eigenvalue weighted by atomic mass is 9.86. The molecule has 2 N–H and O–H groups in total. The molecule has 3 fully saturated rings. The minimum absolute atomic E-state index is 0.247. The zero-order chi connectivity index (χ0) is 13.9. The quantitative estimate of drug-likeness (QED) is 0.820. The predicted molar refractivity (Wildman–Crippen MR) is 80.5 cm³/mol. The third-order valence-corrected chi connectivity index (χ3v) is 5.60. The maximum Gasteiger partial charge on any atom is 0.234 e. The summed E-state index contributed by atoms with van der Waals surface area (Å²) in [5, 5.41) is 6.78. The van der Waals surface area contributed by atoms with Crippen molar-refractivity contribution in [2.24, 2.45) is 11.8 Å². The van der Waals surface area contributed by atoms with Gasteiger partial charge in [-0.3, -0.25) is 9.69 Å². The lowest BCUT2D eigenvalue weighted by Gasteiger charge is -2.37. The van der Waals surface area contributed by atoms with Crippen LogP contribution in [0.4, 0.5) is 0 Å². The molecule has 0 aromatic rings. The van der Waals surface area contributed by atoms with Gasteiger partial charge in [0.1, 0.15) is 0 Å². The number of hydrogen-bond donors (Lipinski definition) is 2. The molecule has 0 spiro atoms. The monoisotopic (exact) mass is 279 g/mol. The number of hydrogen-bond acceptors (Lipinski definition) is 3. The number of amides is 1. The molecule has 1 amide bonds. The molecule has 4 nitrogen and oxygen atoms in total. The van der Waals surface area contributed by atoms with Gasteiger partial charge in [0.15, 0.2) is 0 Å². The smallest absolute Gasteiger partial charge is 0.234 e. The summed E-state index contributed by atoms with van der Waals surface area (Å²) in [6.45, 7) is 6.19. The molecule has 1 saturated carbocycles. The van der Waals surface area contributed by atoms with E-state index in [1.54, 1.807) is 0 Å². The first kappa shape index (κ1) is 14.3. The molecule has 4 heteroatoms. The molecule has 114 valence electrons. The van der Waals surface area contributed by atoms with Crippen molar-refractivity contribution in [1.29, 1.82) is 0 Å². The SMILES string of the molecule is CC1CCCCC1NC(=O)CN1CCCC2CNCC21. The summed E-state index contributed by atoms with van der Waals surface area (Å²) in [5.41, 5.74) is 0. The zero-order valence-electron chi connectivity index (χ0n) is 12.7. The molecule has 2 aliphatic heterocycles. The van der Waals surface area contributed by atoms with Gasteiger partial charge in [0.2, 0.25) is 5.91 Å². The van der Waals surface area contributed by atoms with Crippen molar-refractivity contribution in [3.8, 4) is 0 Å². The minimum atomic E-state index is 0.247. The molecule has 0 aromatic carbocycles. The van der Waals surface area contributed by atoms with Crippen LogP contribution in [-0.4, -0.2) is 49.1 Å². The predicted octanol–water partition coefficient (Wildman–Crippen LogP) is 1.37. The summed E-state index contributed by atoms with van der Waals surface area (Å²) >= 11 is 0. The van der Waals surface area contributed by atoms with Gasteiger partial charge in [-0.05, 0) is 50.6 Å². The van der Waals surface area contributed by atoms with Crippen LogP contribution in [-0.2, 0) is 4.79 Å². The number of fused-ring (bicyclic) bond motifs is 1. The maximum atomic E-state index is 12.3. The highest BCUT2D eigenvalue weighted by atomic mass is 16.2. The van der Waals surface area contributed by atoms with Gasteiger partial charge in [0.25, 0.3) is 0 Å².